The smallest absolute Gasteiger partial charge is 0.0976 e. The molecular formula is C28H28N2. The lowest BCUT2D eigenvalue weighted by molar-refractivity contribution is 0.152. The molecule has 0 amide bonds. The molecule has 0 aliphatic carbocycles. The lowest BCUT2D eigenvalue weighted by atomic mass is 9.75. The highest BCUT2D eigenvalue weighted by molar-refractivity contribution is 5.49. The normalized spacial score (nSPS) is 11.5. The molecule has 0 aliphatic rings. The van der Waals surface area contributed by atoms with E-state index < -0.39 is 5.54 Å². The minimum Gasteiger partial charge on any atom is -0.329 e. The van der Waals surface area contributed by atoms with Crippen LogP contribution in [0.1, 0.15) is 22.3 Å². The minimum atomic E-state index is -0.445. The summed E-state index contributed by atoms with van der Waals surface area (Å²) in [7, 11) is 0. The molecule has 0 spiro atoms. The van der Waals surface area contributed by atoms with E-state index in [0.717, 1.165) is 13.1 Å². The molecule has 4 rings (SSSR count). The van der Waals surface area contributed by atoms with Crippen LogP contribution in [0.4, 0.5) is 0 Å². The van der Waals surface area contributed by atoms with Crippen molar-refractivity contribution in [1.29, 1.82) is 0 Å². The van der Waals surface area contributed by atoms with Crippen LogP contribution < -0.4 is 5.73 Å². The maximum absolute atomic E-state index is 6.17. The van der Waals surface area contributed by atoms with E-state index in [0.29, 0.717) is 6.54 Å². The lowest BCUT2D eigenvalue weighted by Gasteiger charge is -2.46. The van der Waals surface area contributed by atoms with Gasteiger partial charge in [-0.3, -0.25) is 4.90 Å². The first-order valence-electron chi connectivity index (χ1n) is 10.5. The van der Waals surface area contributed by atoms with Crippen molar-refractivity contribution in [2.24, 2.45) is 5.73 Å². The number of benzene rings is 4. The zero-order valence-electron chi connectivity index (χ0n) is 17.2. The quantitative estimate of drug-likeness (QED) is 0.405. The zero-order chi connectivity index (χ0) is 20.7. The van der Waals surface area contributed by atoms with Crippen molar-refractivity contribution in [3.8, 4) is 0 Å². The molecule has 30 heavy (non-hydrogen) atoms. The van der Waals surface area contributed by atoms with Gasteiger partial charge in [0.2, 0.25) is 0 Å². The fraction of sp³-hybridized carbons (Fsp3) is 0.143. The van der Waals surface area contributed by atoms with E-state index >= 15 is 0 Å². The molecule has 2 nitrogen and oxygen atoms in total. The number of nitrogens with two attached hydrogens (primary N) is 1. The zero-order valence-corrected chi connectivity index (χ0v) is 17.2. The third-order valence-corrected chi connectivity index (χ3v) is 5.66. The highest BCUT2D eigenvalue weighted by atomic mass is 15.2. The van der Waals surface area contributed by atoms with Crippen molar-refractivity contribution in [3.05, 3.63) is 144 Å². The van der Waals surface area contributed by atoms with Gasteiger partial charge in [0.15, 0.2) is 0 Å². The summed E-state index contributed by atoms with van der Waals surface area (Å²) in [5.41, 5.74) is 10.7. The second-order valence-corrected chi connectivity index (χ2v) is 7.50. The standard InChI is InChI=1S/C28H28N2/c29-21-22-30(23-24-13-5-1-6-14-24)28(25-15-7-2-8-16-25,26-17-9-3-10-18-26)27-19-11-4-12-20-27/h1-20H,21-23,29H2. The SMILES string of the molecule is NCCN(Cc1ccccc1)C(c1ccccc1)(c1ccccc1)c1ccccc1. The van der Waals surface area contributed by atoms with Crippen molar-refractivity contribution >= 4 is 0 Å². The summed E-state index contributed by atoms with van der Waals surface area (Å²) in [6.45, 7) is 2.16. The van der Waals surface area contributed by atoms with Crippen LogP contribution in [0.25, 0.3) is 0 Å². The van der Waals surface area contributed by atoms with Crippen molar-refractivity contribution in [3.63, 3.8) is 0 Å². The van der Waals surface area contributed by atoms with Crippen molar-refractivity contribution < 1.29 is 0 Å². The summed E-state index contributed by atoms with van der Waals surface area (Å²) in [4.78, 5) is 2.52. The van der Waals surface area contributed by atoms with Crippen LogP contribution >= 0.6 is 0 Å². The van der Waals surface area contributed by atoms with E-state index in [1.54, 1.807) is 0 Å². The first-order chi connectivity index (χ1) is 14.9. The molecule has 0 bridgehead atoms. The number of nitrogens with zero attached hydrogens (tertiary/aromatic N) is 1. The van der Waals surface area contributed by atoms with E-state index in [1.165, 1.54) is 22.3 Å². The Morgan fingerprint density at radius 1 is 0.533 bits per heavy atom. The molecule has 0 heterocycles. The molecule has 0 fully saturated rings. The maximum Gasteiger partial charge on any atom is 0.0976 e. The fourth-order valence-electron chi connectivity index (χ4n) is 4.41. The molecule has 150 valence electrons. The predicted molar refractivity (Wildman–Crippen MR) is 125 cm³/mol. The molecule has 4 aromatic rings. The second-order valence-electron chi connectivity index (χ2n) is 7.50. The molecule has 2 N–H and O–H groups in total. The van der Waals surface area contributed by atoms with Crippen molar-refractivity contribution in [2.45, 2.75) is 12.1 Å². The Morgan fingerprint density at radius 3 is 1.27 bits per heavy atom. The first-order valence-corrected chi connectivity index (χ1v) is 10.5. The first kappa shape index (κ1) is 20.1. The average molecular weight is 393 g/mol. The molecule has 0 aromatic heterocycles. The summed E-state index contributed by atoms with van der Waals surface area (Å²) in [6, 6.07) is 43.0. The number of rotatable bonds is 8. The maximum atomic E-state index is 6.17. The van der Waals surface area contributed by atoms with Gasteiger partial charge in [0, 0.05) is 19.6 Å². The van der Waals surface area contributed by atoms with Gasteiger partial charge in [0.1, 0.15) is 0 Å². The molecule has 0 atom stereocenters. The summed E-state index contributed by atoms with van der Waals surface area (Å²) in [5, 5.41) is 0. The van der Waals surface area contributed by atoms with Gasteiger partial charge >= 0.3 is 0 Å². The monoisotopic (exact) mass is 392 g/mol. The molecule has 0 saturated carbocycles. The Morgan fingerprint density at radius 2 is 0.900 bits per heavy atom. The van der Waals surface area contributed by atoms with Gasteiger partial charge in [0.05, 0.1) is 5.54 Å². The van der Waals surface area contributed by atoms with E-state index in [9.17, 15) is 0 Å². The van der Waals surface area contributed by atoms with Gasteiger partial charge < -0.3 is 5.73 Å². The number of hydrogen-bond donors (Lipinski definition) is 1. The summed E-state index contributed by atoms with van der Waals surface area (Å²) < 4.78 is 0. The van der Waals surface area contributed by atoms with Crippen LogP contribution in [0.3, 0.4) is 0 Å². The van der Waals surface area contributed by atoms with Gasteiger partial charge in [-0.05, 0) is 22.3 Å². The van der Waals surface area contributed by atoms with Crippen LogP contribution in [0.15, 0.2) is 121 Å². The van der Waals surface area contributed by atoms with Crippen LogP contribution in [-0.2, 0) is 12.1 Å². The molecular weight excluding hydrogens is 364 g/mol. The third kappa shape index (κ3) is 3.93. The Hall–Kier alpha value is -3.20. The van der Waals surface area contributed by atoms with Crippen LogP contribution in [0.5, 0.6) is 0 Å². The van der Waals surface area contributed by atoms with Gasteiger partial charge in [-0.25, -0.2) is 0 Å². The Labute approximate surface area is 179 Å². The topological polar surface area (TPSA) is 29.3 Å². The Kier molecular flexibility index (Phi) is 6.38. The molecule has 0 aliphatic heterocycles. The summed E-state index contributed by atoms with van der Waals surface area (Å²) in [5.74, 6) is 0. The Bertz CT molecular complexity index is 919. The fourth-order valence-corrected chi connectivity index (χ4v) is 4.41. The predicted octanol–water partition coefficient (Wildman–Crippen LogP) is 5.44. The van der Waals surface area contributed by atoms with Gasteiger partial charge in [-0.15, -0.1) is 0 Å². The molecule has 2 heteroatoms. The Balaban J connectivity index is 2.00. The van der Waals surface area contributed by atoms with E-state index in [1.807, 2.05) is 0 Å². The summed E-state index contributed by atoms with van der Waals surface area (Å²) in [6.07, 6.45) is 0. The van der Waals surface area contributed by atoms with E-state index in [2.05, 4.69) is 126 Å². The van der Waals surface area contributed by atoms with E-state index in [4.69, 9.17) is 5.73 Å². The van der Waals surface area contributed by atoms with Crippen LogP contribution in [-0.4, -0.2) is 18.0 Å². The highest BCUT2D eigenvalue weighted by Crippen LogP contribution is 2.43. The van der Waals surface area contributed by atoms with Gasteiger partial charge in [-0.1, -0.05) is 121 Å². The average Bonchev–Trinajstić information content (AvgIpc) is 2.83. The molecule has 4 aromatic carbocycles. The van der Waals surface area contributed by atoms with Crippen LogP contribution in [0, 0.1) is 0 Å². The molecule has 0 unspecified atom stereocenters. The molecule has 0 radical (unpaired) electrons. The minimum absolute atomic E-state index is 0.445. The third-order valence-electron chi connectivity index (χ3n) is 5.66. The van der Waals surface area contributed by atoms with Gasteiger partial charge in [-0.2, -0.15) is 0 Å². The van der Waals surface area contributed by atoms with E-state index in [-0.39, 0.29) is 0 Å². The van der Waals surface area contributed by atoms with Gasteiger partial charge in [0.25, 0.3) is 0 Å². The number of hydrogen-bond acceptors (Lipinski definition) is 2. The highest BCUT2D eigenvalue weighted by Gasteiger charge is 2.41. The van der Waals surface area contributed by atoms with Crippen molar-refractivity contribution in [2.75, 3.05) is 13.1 Å². The second kappa shape index (κ2) is 9.53. The van der Waals surface area contributed by atoms with Crippen LogP contribution in [0.2, 0.25) is 0 Å². The molecule has 0 saturated heterocycles. The lowest BCUT2D eigenvalue weighted by Crippen LogP contribution is -2.49. The summed E-state index contributed by atoms with van der Waals surface area (Å²) >= 11 is 0. The largest absolute Gasteiger partial charge is 0.329 e. The van der Waals surface area contributed by atoms with Crippen molar-refractivity contribution in [1.82, 2.24) is 4.90 Å².